The van der Waals surface area contributed by atoms with E-state index in [1.54, 1.807) is 7.11 Å². The molecule has 0 aliphatic heterocycles. The molecule has 4 nitrogen and oxygen atoms in total. The molecule has 0 aromatic carbocycles. The highest BCUT2D eigenvalue weighted by Gasteiger charge is 2.68. The van der Waals surface area contributed by atoms with E-state index in [0.717, 1.165) is 5.69 Å². The highest BCUT2D eigenvalue weighted by Crippen LogP contribution is 2.68. The fraction of sp³-hybridized carbons (Fsp3) is 0.733. The van der Waals surface area contributed by atoms with Gasteiger partial charge in [-0.1, -0.05) is 50.6 Å². The van der Waals surface area contributed by atoms with Crippen molar-refractivity contribution in [1.29, 1.82) is 0 Å². The van der Waals surface area contributed by atoms with Crippen LogP contribution in [0.5, 0.6) is 0 Å². The van der Waals surface area contributed by atoms with Crippen LogP contribution in [0.3, 0.4) is 0 Å². The molecule has 0 saturated heterocycles. The number of hydrogen-bond donors (Lipinski definition) is 0. The first kappa shape index (κ1) is 16.7. The van der Waals surface area contributed by atoms with Gasteiger partial charge in [0, 0.05) is 19.3 Å². The lowest BCUT2D eigenvalue weighted by Gasteiger charge is -2.04. The third kappa shape index (κ3) is 2.71. The molecule has 118 valence electrons. The van der Waals surface area contributed by atoms with Gasteiger partial charge >= 0.3 is 0 Å². The van der Waals surface area contributed by atoms with Gasteiger partial charge in [-0.2, -0.15) is 4.99 Å². The summed E-state index contributed by atoms with van der Waals surface area (Å²) in [5.74, 6) is -0.0730. The fourth-order valence-electron chi connectivity index (χ4n) is 2.96. The topological polar surface area (TPSA) is 43.6 Å². The van der Waals surface area contributed by atoms with Gasteiger partial charge in [-0.25, -0.2) is 0 Å². The predicted octanol–water partition coefficient (Wildman–Crippen LogP) is 3.27. The molecule has 0 atom stereocenters. The number of hydrogen-bond acceptors (Lipinski definition) is 3. The Hall–Kier alpha value is -0.650. The van der Waals surface area contributed by atoms with Crippen LogP contribution in [0.2, 0.25) is 4.34 Å². The lowest BCUT2D eigenvalue weighted by Crippen LogP contribution is -2.21. The first-order valence-corrected chi connectivity index (χ1v) is 8.27. The fourth-order valence-corrected chi connectivity index (χ4v) is 4.16. The summed E-state index contributed by atoms with van der Waals surface area (Å²) in [6.07, 6.45) is 0. The van der Waals surface area contributed by atoms with Crippen molar-refractivity contribution in [3.63, 3.8) is 0 Å². The molecule has 0 unspecified atom stereocenters. The normalized spacial score (nSPS) is 20.8. The molecule has 1 amide bonds. The third-order valence-corrected chi connectivity index (χ3v) is 6.57. The van der Waals surface area contributed by atoms with E-state index < -0.39 is 0 Å². The van der Waals surface area contributed by atoms with E-state index in [0.29, 0.717) is 22.3 Å². The van der Waals surface area contributed by atoms with Crippen molar-refractivity contribution in [2.45, 2.75) is 41.2 Å². The summed E-state index contributed by atoms with van der Waals surface area (Å²) in [6, 6.07) is 0. The maximum atomic E-state index is 12.5. The van der Waals surface area contributed by atoms with E-state index in [1.807, 2.05) is 11.5 Å². The molecule has 0 N–H and O–H groups in total. The molecule has 1 aromatic rings. The largest absolute Gasteiger partial charge is 0.383 e. The lowest BCUT2D eigenvalue weighted by atomic mass is 10.0. The number of carbonyl (C=O) groups is 1. The molecule has 1 heterocycles. The number of ether oxygens (including phenoxy) is 1. The first-order chi connectivity index (χ1) is 9.64. The number of methoxy groups -OCH3 is 1. The van der Waals surface area contributed by atoms with Crippen LogP contribution in [-0.4, -0.2) is 24.2 Å². The van der Waals surface area contributed by atoms with Crippen LogP contribution in [0.25, 0.3) is 0 Å². The van der Waals surface area contributed by atoms with Crippen LogP contribution in [-0.2, 0) is 16.1 Å². The van der Waals surface area contributed by atoms with Crippen molar-refractivity contribution in [1.82, 2.24) is 4.57 Å². The quantitative estimate of drug-likeness (QED) is 0.850. The van der Waals surface area contributed by atoms with Gasteiger partial charge in [-0.3, -0.25) is 4.79 Å². The Morgan fingerprint density at radius 3 is 2.43 bits per heavy atom. The van der Waals surface area contributed by atoms with Crippen LogP contribution in [0, 0.1) is 23.7 Å². The van der Waals surface area contributed by atoms with Gasteiger partial charge < -0.3 is 9.30 Å². The summed E-state index contributed by atoms with van der Waals surface area (Å²) in [4.78, 5) is 17.5. The van der Waals surface area contributed by atoms with Crippen LogP contribution < -0.4 is 4.80 Å². The molecule has 2 rings (SSSR count). The number of halogens is 1. The van der Waals surface area contributed by atoms with Gasteiger partial charge in [0.25, 0.3) is 5.91 Å². The monoisotopic (exact) mass is 330 g/mol. The zero-order valence-electron chi connectivity index (χ0n) is 13.5. The minimum absolute atomic E-state index is 0.00103. The Labute approximate surface area is 134 Å². The van der Waals surface area contributed by atoms with Crippen molar-refractivity contribution in [3.05, 3.63) is 14.8 Å². The zero-order valence-corrected chi connectivity index (χ0v) is 15.1. The Bertz CT molecular complexity index is 614. The molecule has 6 heteroatoms. The van der Waals surface area contributed by atoms with Gasteiger partial charge in [-0.05, 0) is 17.8 Å². The van der Waals surface area contributed by atoms with Crippen LogP contribution >= 0.6 is 22.9 Å². The maximum Gasteiger partial charge on any atom is 0.252 e. The van der Waals surface area contributed by atoms with E-state index in [4.69, 9.17) is 16.3 Å². The zero-order chi connectivity index (χ0) is 16.0. The Morgan fingerprint density at radius 1 is 1.38 bits per heavy atom. The first-order valence-electron chi connectivity index (χ1n) is 7.07. The van der Waals surface area contributed by atoms with Gasteiger partial charge in [0.1, 0.15) is 4.34 Å². The molecule has 0 radical (unpaired) electrons. The molecular formula is C15H23ClN2O2S. The van der Waals surface area contributed by atoms with Crippen molar-refractivity contribution in [2.24, 2.45) is 21.7 Å². The minimum atomic E-state index is -0.0471. The molecule has 21 heavy (non-hydrogen) atoms. The van der Waals surface area contributed by atoms with E-state index in [-0.39, 0.29) is 22.7 Å². The SMILES string of the molecule is COCCn1c(C)c(Cl)s/c1=N\C(=O)C1C(C)(C)C1(C)C. The Morgan fingerprint density at radius 2 is 1.95 bits per heavy atom. The predicted molar refractivity (Wildman–Crippen MR) is 85.6 cm³/mol. The summed E-state index contributed by atoms with van der Waals surface area (Å²) in [6.45, 7) is 11.6. The number of aromatic nitrogens is 1. The third-order valence-electron chi connectivity index (χ3n) is 5.09. The summed E-state index contributed by atoms with van der Waals surface area (Å²) < 4.78 is 7.74. The molecule has 1 aliphatic rings. The van der Waals surface area contributed by atoms with Crippen molar-refractivity contribution in [2.75, 3.05) is 13.7 Å². The van der Waals surface area contributed by atoms with E-state index in [1.165, 1.54) is 11.3 Å². The summed E-state index contributed by atoms with van der Waals surface area (Å²) in [7, 11) is 1.65. The van der Waals surface area contributed by atoms with Crippen LogP contribution in [0.1, 0.15) is 33.4 Å². The minimum Gasteiger partial charge on any atom is -0.383 e. The molecule has 1 aromatic heterocycles. The van der Waals surface area contributed by atoms with Gasteiger partial charge in [0.2, 0.25) is 0 Å². The average molecular weight is 331 g/mol. The number of carbonyl (C=O) groups excluding carboxylic acids is 1. The number of amides is 1. The van der Waals surface area contributed by atoms with Crippen molar-refractivity contribution >= 4 is 28.8 Å². The highest BCUT2D eigenvalue weighted by atomic mass is 35.5. The van der Waals surface area contributed by atoms with Crippen molar-refractivity contribution in [3.8, 4) is 0 Å². The van der Waals surface area contributed by atoms with E-state index >= 15 is 0 Å². The maximum absolute atomic E-state index is 12.5. The number of rotatable bonds is 4. The van der Waals surface area contributed by atoms with Gasteiger partial charge in [0.05, 0.1) is 12.5 Å². The van der Waals surface area contributed by atoms with Crippen molar-refractivity contribution < 1.29 is 9.53 Å². The second-order valence-electron chi connectivity index (χ2n) is 6.71. The summed E-state index contributed by atoms with van der Waals surface area (Å²) in [5.41, 5.74) is 0.932. The van der Waals surface area contributed by atoms with Gasteiger partial charge in [0.15, 0.2) is 4.80 Å². The number of nitrogens with zero attached hydrogens (tertiary/aromatic N) is 2. The molecule has 1 fully saturated rings. The van der Waals surface area contributed by atoms with E-state index in [9.17, 15) is 4.79 Å². The average Bonchev–Trinajstić information content (AvgIpc) is 2.62. The molecular weight excluding hydrogens is 308 g/mol. The van der Waals surface area contributed by atoms with Crippen LogP contribution in [0.15, 0.2) is 4.99 Å². The second kappa shape index (κ2) is 5.52. The summed E-state index contributed by atoms with van der Waals surface area (Å²) >= 11 is 7.54. The molecule has 1 saturated carbocycles. The lowest BCUT2D eigenvalue weighted by molar-refractivity contribution is -0.120. The highest BCUT2D eigenvalue weighted by molar-refractivity contribution is 7.13. The molecule has 1 aliphatic carbocycles. The number of thiazole rings is 1. The smallest absolute Gasteiger partial charge is 0.252 e. The Kier molecular flexibility index (Phi) is 4.40. The standard InChI is InChI=1S/C15H23ClN2O2S/c1-9-11(16)21-13(18(9)7-8-20-6)17-12(19)10-14(2,3)15(10,4)5/h10H,7-8H2,1-6H3/b17-13-. The Balaban J connectivity index is 2.34. The molecule has 0 bridgehead atoms. The summed E-state index contributed by atoms with van der Waals surface area (Å²) in [5, 5.41) is 0. The van der Waals surface area contributed by atoms with Crippen LogP contribution in [0.4, 0.5) is 0 Å². The molecule has 0 spiro atoms. The van der Waals surface area contributed by atoms with Gasteiger partial charge in [-0.15, -0.1) is 0 Å². The van der Waals surface area contributed by atoms with E-state index in [2.05, 4.69) is 32.7 Å². The second-order valence-corrected chi connectivity index (χ2v) is 8.29.